The second-order valence-electron chi connectivity index (χ2n) is 7.71. The summed E-state index contributed by atoms with van der Waals surface area (Å²) in [4.78, 5) is 23.0. The van der Waals surface area contributed by atoms with Crippen LogP contribution >= 0.6 is 12.4 Å². The minimum absolute atomic E-state index is 0. The molecule has 2 bridgehead atoms. The fourth-order valence-electron chi connectivity index (χ4n) is 5.16. The van der Waals surface area contributed by atoms with E-state index in [-0.39, 0.29) is 24.4 Å². The van der Waals surface area contributed by atoms with Gasteiger partial charge < -0.3 is 15.6 Å². The summed E-state index contributed by atoms with van der Waals surface area (Å²) in [6.07, 6.45) is 12.7. The SMILES string of the molecule is Cl.NC1C2CCCC1CC(C(=O)N1CCCCC1c1ncc[nH]1)C2. The number of imidazole rings is 1. The van der Waals surface area contributed by atoms with Gasteiger partial charge in [0.15, 0.2) is 0 Å². The maximum Gasteiger partial charge on any atom is 0.226 e. The van der Waals surface area contributed by atoms with Gasteiger partial charge in [-0.15, -0.1) is 12.4 Å². The summed E-state index contributed by atoms with van der Waals surface area (Å²) in [5, 5.41) is 0. The topological polar surface area (TPSA) is 75.0 Å². The molecule has 4 rings (SSSR count). The highest BCUT2D eigenvalue weighted by atomic mass is 35.5. The number of amides is 1. The van der Waals surface area contributed by atoms with Crippen molar-refractivity contribution < 1.29 is 4.79 Å². The fraction of sp³-hybridized carbons (Fsp3) is 0.778. The molecule has 1 saturated heterocycles. The molecule has 0 aromatic carbocycles. The van der Waals surface area contributed by atoms with Gasteiger partial charge in [-0.3, -0.25) is 4.79 Å². The summed E-state index contributed by atoms with van der Waals surface area (Å²) in [6, 6.07) is 0.469. The van der Waals surface area contributed by atoms with Crippen molar-refractivity contribution in [1.82, 2.24) is 14.9 Å². The number of nitrogens with two attached hydrogens (primary N) is 1. The summed E-state index contributed by atoms with van der Waals surface area (Å²) in [7, 11) is 0. The van der Waals surface area contributed by atoms with E-state index in [0.29, 0.717) is 23.8 Å². The molecule has 3 fully saturated rings. The molecule has 134 valence electrons. The summed E-state index contributed by atoms with van der Waals surface area (Å²) in [5.74, 6) is 2.60. The van der Waals surface area contributed by atoms with Gasteiger partial charge in [-0.05, 0) is 56.8 Å². The summed E-state index contributed by atoms with van der Waals surface area (Å²) >= 11 is 0. The third kappa shape index (κ3) is 3.21. The number of carbonyl (C=O) groups is 1. The largest absolute Gasteiger partial charge is 0.347 e. The van der Waals surface area contributed by atoms with E-state index in [1.807, 2.05) is 6.20 Å². The number of nitrogens with zero attached hydrogens (tertiary/aromatic N) is 2. The van der Waals surface area contributed by atoms with Gasteiger partial charge in [0.05, 0.1) is 6.04 Å². The Bertz CT molecular complexity index is 535. The van der Waals surface area contributed by atoms with E-state index < -0.39 is 0 Å². The lowest BCUT2D eigenvalue weighted by Crippen LogP contribution is -2.50. The van der Waals surface area contributed by atoms with E-state index in [1.165, 1.54) is 25.7 Å². The Morgan fingerprint density at radius 3 is 2.58 bits per heavy atom. The molecule has 3 unspecified atom stereocenters. The number of halogens is 1. The Labute approximate surface area is 150 Å². The predicted octanol–water partition coefficient (Wildman–Crippen LogP) is 3.04. The van der Waals surface area contributed by atoms with Crippen molar-refractivity contribution in [2.45, 2.75) is 63.5 Å². The lowest BCUT2D eigenvalue weighted by Gasteiger charge is -2.45. The van der Waals surface area contributed by atoms with Crippen LogP contribution in [0, 0.1) is 17.8 Å². The van der Waals surface area contributed by atoms with E-state index >= 15 is 0 Å². The van der Waals surface area contributed by atoms with E-state index in [9.17, 15) is 4.79 Å². The summed E-state index contributed by atoms with van der Waals surface area (Å²) in [5.41, 5.74) is 6.39. The maximum atomic E-state index is 13.2. The minimum atomic E-state index is 0. The van der Waals surface area contributed by atoms with Crippen LogP contribution in [0.15, 0.2) is 12.4 Å². The van der Waals surface area contributed by atoms with Crippen LogP contribution in [-0.4, -0.2) is 33.4 Å². The van der Waals surface area contributed by atoms with Crippen molar-refractivity contribution >= 4 is 18.3 Å². The highest BCUT2D eigenvalue weighted by Crippen LogP contribution is 2.43. The molecule has 0 radical (unpaired) electrons. The molecular weight excluding hydrogens is 324 g/mol. The summed E-state index contributed by atoms with van der Waals surface area (Å²) < 4.78 is 0. The molecule has 5 nitrogen and oxygen atoms in total. The molecule has 24 heavy (non-hydrogen) atoms. The first kappa shape index (κ1) is 17.7. The number of nitrogens with one attached hydrogen (secondary N) is 1. The zero-order valence-electron chi connectivity index (χ0n) is 14.2. The quantitative estimate of drug-likeness (QED) is 0.859. The smallest absolute Gasteiger partial charge is 0.226 e. The minimum Gasteiger partial charge on any atom is -0.347 e. The second kappa shape index (κ2) is 7.44. The first-order valence-corrected chi connectivity index (χ1v) is 9.29. The van der Waals surface area contributed by atoms with Crippen molar-refractivity contribution in [2.24, 2.45) is 23.5 Å². The van der Waals surface area contributed by atoms with Gasteiger partial charge in [0.1, 0.15) is 5.82 Å². The molecule has 0 spiro atoms. The lowest BCUT2D eigenvalue weighted by molar-refractivity contribution is -0.142. The van der Waals surface area contributed by atoms with E-state index in [0.717, 1.165) is 38.1 Å². The van der Waals surface area contributed by atoms with Gasteiger partial charge in [-0.1, -0.05) is 6.42 Å². The Morgan fingerprint density at radius 1 is 1.17 bits per heavy atom. The number of hydrogen-bond donors (Lipinski definition) is 2. The van der Waals surface area contributed by atoms with Crippen LogP contribution in [0.1, 0.15) is 63.2 Å². The van der Waals surface area contributed by atoms with Crippen molar-refractivity contribution in [3.8, 4) is 0 Å². The Kier molecular flexibility index (Phi) is 5.50. The summed E-state index contributed by atoms with van der Waals surface area (Å²) in [6.45, 7) is 0.877. The van der Waals surface area contributed by atoms with Gasteiger partial charge in [0, 0.05) is 30.9 Å². The normalized spacial score (nSPS) is 36.0. The average Bonchev–Trinajstić information content (AvgIpc) is 3.08. The number of rotatable bonds is 2. The molecule has 1 aliphatic heterocycles. The van der Waals surface area contributed by atoms with Gasteiger partial charge in [-0.2, -0.15) is 0 Å². The van der Waals surface area contributed by atoms with Crippen LogP contribution in [0.5, 0.6) is 0 Å². The number of piperidine rings is 1. The second-order valence-corrected chi connectivity index (χ2v) is 7.71. The molecule has 1 aromatic rings. The van der Waals surface area contributed by atoms with Crippen LogP contribution in [0.25, 0.3) is 0 Å². The molecule has 2 saturated carbocycles. The molecule has 1 amide bonds. The number of fused-ring (bicyclic) bond motifs is 2. The molecule has 2 heterocycles. The fourth-order valence-corrected chi connectivity index (χ4v) is 5.16. The van der Waals surface area contributed by atoms with E-state index in [2.05, 4.69) is 14.9 Å². The maximum absolute atomic E-state index is 13.2. The first-order chi connectivity index (χ1) is 11.2. The number of aromatic nitrogens is 2. The third-order valence-electron chi connectivity index (χ3n) is 6.38. The standard InChI is InChI=1S/C18H28N4O.ClH/c19-16-12-4-3-5-13(16)11-14(10-12)18(23)22-9-2-1-6-15(22)17-20-7-8-21-17;/h7-8,12-16H,1-6,9-11,19H2,(H,20,21);1H. The zero-order valence-corrected chi connectivity index (χ0v) is 15.0. The van der Waals surface area contributed by atoms with Crippen molar-refractivity contribution in [2.75, 3.05) is 6.54 Å². The molecule has 6 heteroatoms. The number of hydrogen-bond acceptors (Lipinski definition) is 3. The highest BCUT2D eigenvalue weighted by molar-refractivity contribution is 5.85. The van der Waals surface area contributed by atoms with Gasteiger partial charge in [0.25, 0.3) is 0 Å². The first-order valence-electron chi connectivity index (χ1n) is 9.29. The molecular formula is C18H29ClN4O. The zero-order chi connectivity index (χ0) is 15.8. The van der Waals surface area contributed by atoms with Crippen LogP contribution in [-0.2, 0) is 4.79 Å². The molecule has 1 aromatic heterocycles. The van der Waals surface area contributed by atoms with Crippen molar-refractivity contribution in [1.29, 1.82) is 0 Å². The molecule has 3 aliphatic rings. The monoisotopic (exact) mass is 352 g/mol. The van der Waals surface area contributed by atoms with Gasteiger partial charge in [-0.25, -0.2) is 4.98 Å². The number of likely N-dealkylation sites (tertiary alicyclic amines) is 1. The van der Waals surface area contributed by atoms with Gasteiger partial charge >= 0.3 is 0 Å². The average molecular weight is 353 g/mol. The van der Waals surface area contributed by atoms with Crippen LogP contribution in [0.3, 0.4) is 0 Å². The lowest BCUT2D eigenvalue weighted by atomic mass is 9.64. The molecule has 2 aliphatic carbocycles. The molecule has 3 atom stereocenters. The number of aromatic amines is 1. The van der Waals surface area contributed by atoms with E-state index in [4.69, 9.17) is 5.73 Å². The number of H-pyrrole nitrogens is 1. The van der Waals surface area contributed by atoms with Crippen LogP contribution in [0.2, 0.25) is 0 Å². The Hall–Kier alpha value is -1.07. The van der Waals surface area contributed by atoms with Crippen LogP contribution in [0.4, 0.5) is 0 Å². The Morgan fingerprint density at radius 2 is 1.92 bits per heavy atom. The Balaban J connectivity index is 0.00000169. The van der Waals surface area contributed by atoms with Crippen molar-refractivity contribution in [3.63, 3.8) is 0 Å². The van der Waals surface area contributed by atoms with E-state index in [1.54, 1.807) is 6.20 Å². The molecule has 3 N–H and O–H groups in total. The van der Waals surface area contributed by atoms with Crippen molar-refractivity contribution in [3.05, 3.63) is 18.2 Å². The predicted molar refractivity (Wildman–Crippen MR) is 95.7 cm³/mol. The van der Waals surface area contributed by atoms with Gasteiger partial charge in [0.2, 0.25) is 5.91 Å². The highest BCUT2D eigenvalue weighted by Gasteiger charge is 2.43. The van der Waals surface area contributed by atoms with Crippen LogP contribution < -0.4 is 5.73 Å². The number of carbonyl (C=O) groups excluding carboxylic acids is 1. The third-order valence-corrected chi connectivity index (χ3v) is 6.38.